The predicted molar refractivity (Wildman–Crippen MR) is 87.4 cm³/mol. The summed E-state index contributed by atoms with van der Waals surface area (Å²) < 4.78 is 11.0. The van der Waals surface area contributed by atoms with Gasteiger partial charge in [-0.25, -0.2) is 0 Å². The Hall–Kier alpha value is -1.17. The molecule has 3 rings (SSSR count). The van der Waals surface area contributed by atoms with Crippen LogP contribution in [0.25, 0.3) is 0 Å². The summed E-state index contributed by atoms with van der Waals surface area (Å²) in [7, 11) is 0. The first-order chi connectivity index (χ1) is 10.1. The van der Waals surface area contributed by atoms with E-state index in [-0.39, 0.29) is 24.4 Å². The minimum absolute atomic E-state index is 0. The van der Waals surface area contributed by atoms with Gasteiger partial charge < -0.3 is 19.7 Å². The van der Waals surface area contributed by atoms with Crippen molar-refractivity contribution in [2.45, 2.75) is 19.4 Å². The zero-order chi connectivity index (χ0) is 14.8. The topological polar surface area (TPSA) is 50.8 Å². The fourth-order valence-corrected chi connectivity index (χ4v) is 3.04. The molecule has 0 aromatic heterocycles. The van der Waals surface area contributed by atoms with Gasteiger partial charge in [0.25, 0.3) is 0 Å². The van der Waals surface area contributed by atoms with Crippen LogP contribution < -0.4 is 14.8 Å². The number of piperazine rings is 1. The van der Waals surface area contributed by atoms with E-state index >= 15 is 0 Å². The molecule has 0 unspecified atom stereocenters. The minimum atomic E-state index is 0. The molecular weight excluding hydrogens is 327 g/mol. The maximum Gasteiger partial charge on any atom is 0.227 e. The third kappa shape index (κ3) is 3.59. The fraction of sp³-hybridized carbons (Fsp3) is 0.533. The van der Waals surface area contributed by atoms with Crippen molar-refractivity contribution in [2.24, 2.45) is 0 Å². The fourth-order valence-electron chi connectivity index (χ4n) is 2.75. The Bertz CT molecular complexity index is 554. The largest absolute Gasteiger partial charge is 0.486 e. The molecule has 0 bridgehead atoms. The van der Waals surface area contributed by atoms with Gasteiger partial charge in [-0.05, 0) is 24.6 Å². The highest BCUT2D eigenvalue weighted by Gasteiger charge is 2.24. The van der Waals surface area contributed by atoms with Gasteiger partial charge in [0, 0.05) is 25.7 Å². The molecule has 0 aliphatic carbocycles. The van der Waals surface area contributed by atoms with Gasteiger partial charge in [0.05, 0.1) is 11.4 Å². The van der Waals surface area contributed by atoms with E-state index in [1.54, 1.807) is 6.07 Å². The number of nitrogens with one attached hydrogen (secondary N) is 1. The van der Waals surface area contributed by atoms with Crippen molar-refractivity contribution in [1.29, 1.82) is 0 Å². The van der Waals surface area contributed by atoms with E-state index in [0.717, 1.165) is 25.2 Å². The lowest BCUT2D eigenvalue weighted by atomic mass is 10.1. The van der Waals surface area contributed by atoms with Crippen molar-refractivity contribution in [3.63, 3.8) is 0 Å². The molecule has 122 valence electrons. The van der Waals surface area contributed by atoms with E-state index in [1.807, 2.05) is 11.0 Å². The van der Waals surface area contributed by atoms with E-state index in [4.69, 9.17) is 21.1 Å². The summed E-state index contributed by atoms with van der Waals surface area (Å²) >= 11 is 6.21. The monoisotopic (exact) mass is 346 g/mol. The summed E-state index contributed by atoms with van der Waals surface area (Å²) in [6, 6.07) is 3.87. The average molecular weight is 347 g/mol. The van der Waals surface area contributed by atoms with Gasteiger partial charge in [-0.3, -0.25) is 4.79 Å². The molecule has 0 radical (unpaired) electrons. The zero-order valence-electron chi connectivity index (χ0n) is 12.4. The second-order valence-electron chi connectivity index (χ2n) is 5.42. The standard InChI is InChI=1S/C15H19ClN2O3.ClH/c1-10-9-17-2-3-18(10)14(19)8-11-6-12(16)15-13(7-11)20-4-5-21-15;/h6-7,10,17H,2-5,8-9H2,1H3;1H/t10-;/m1./s1. The van der Waals surface area contributed by atoms with Crippen molar-refractivity contribution >= 4 is 29.9 Å². The van der Waals surface area contributed by atoms with Crippen LogP contribution in [0, 0.1) is 0 Å². The summed E-state index contributed by atoms with van der Waals surface area (Å²) in [6.07, 6.45) is 0.334. The number of carbonyl (C=O) groups is 1. The SMILES string of the molecule is C[C@@H]1CNCCN1C(=O)Cc1cc(Cl)c2c(c1)OCCO2.Cl. The zero-order valence-corrected chi connectivity index (χ0v) is 14.0. The molecule has 1 saturated heterocycles. The number of amides is 1. The molecular formula is C15H20Cl2N2O3. The molecule has 1 aromatic rings. The molecule has 2 aliphatic rings. The summed E-state index contributed by atoms with van der Waals surface area (Å²) in [5.74, 6) is 1.33. The highest BCUT2D eigenvalue weighted by molar-refractivity contribution is 6.32. The molecule has 1 aromatic carbocycles. The molecule has 1 atom stereocenters. The smallest absolute Gasteiger partial charge is 0.227 e. The van der Waals surface area contributed by atoms with Gasteiger partial charge in [-0.2, -0.15) is 0 Å². The number of benzene rings is 1. The number of nitrogens with zero attached hydrogens (tertiary/aromatic N) is 1. The summed E-state index contributed by atoms with van der Waals surface area (Å²) in [5.41, 5.74) is 0.861. The first-order valence-electron chi connectivity index (χ1n) is 7.23. The molecule has 0 spiro atoms. The molecule has 1 amide bonds. The Labute approximate surface area is 141 Å². The van der Waals surface area contributed by atoms with E-state index in [2.05, 4.69) is 12.2 Å². The Morgan fingerprint density at radius 1 is 1.41 bits per heavy atom. The van der Waals surface area contributed by atoms with Crippen molar-refractivity contribution in [3.8, 4) is 11.5 Å². The second-order valence-corrected chi connectivity index (χ2v) is 5.83. The van der Waals surface area contributed by atoms with Crippen molar-refractivity contribution in [1.82, 2.24) is 10.2 Å². The molecule has 1 N–H and O–H groups in total. The van der Waals surface area contributed by atoms with Gasteiger partial charge in [-0.1, -0.05) is 11.6 Å². The molecule has 2 heterocycles. The number of halogens is 2. The van der Waals surface area contributed by atoms with Gasteiger partial charge in [0.2, 0.25) is 5.91 Å². The van der Waals surface area contributed by atoms with Crippen LogP contribution in [0.4, 0.5) is 0 Å². The molecule has 5 nitrogen and oxygen atoms in total. The Balaban J connectivity index is 0.00000176. The summed E-state index contributed by atoms with van der Waals surface area (Å²) in [4.78, 5) is 14.4. The van der Waals surface area contributed by atoms with Crippen molar-refractivity contribution in [3.05, 3.63) is 22.7 Å². The van der Waals surface area contributed by atoms with Crippen LogP contribution in [-0.2, 0) is 11.2 Å². The van der Waals surface area contributed by atoms with Crippen LogP contribution in [0.3, 0.4) is 0 Å². The van der Waals surface area contributed by atoms with E-state index in [0.29, 0.717) is 36.2 Å². The molecule has 0 saturated carbocycles. The lowest BCUT2D eigenvalue weighted by Crippen LogP contribution is -2.52. The third-order valence-electron chi connectivity index (χ3n) is 3.83. The lowest BCUT2D eigenvalue weighted by molar-refractivity contribution is -0.133. The number of rotatable bonds is 2. The lowest BCUT2D eigenvalue weighted by Gasteiger charge is -2.34. The van der Waals surface area contributed by atoms with Crippen LogP contribution in [-0.4, -0.2) is 49.7 Å². The average Bonchev–Trinajstić information content (AvgIpc) is 2.47. The van der Waals surface area contributed by atoms with Crippen LogP contribution in [0.2, 0.25) is 5.02 Å². The van der Waals surface area contributed by atoms with Crippen LogP contribution >= 0.6 is 24.0 Å². The van der Waals surface area contributed by atoms with Gasteiger partial charge >= 0.3 is 0 Å². The molecule has 7 heteroatoms. The Morgan fingerprint density at radius 3 is 2.95 bits per heavy atom. The van der Waals surface area contributed by atoms with Crippen LogP contribution in [0.15, 0.2) is 12.1 Å². The van der Waals surface area contributed by atoms with Gasteiger partial charge in [0.1, 0.15) is 13.2 Å². The van der Waals surface area contributed by atoms with Crippen LogP contribution in [0.5, 0.6) is 11.5 Å². The molecule has 22 heavy (non-hydrogen) atoms. The van der Waals surface area contributed by atoms with Gasteiger partial charge in [-0.15, -0.1) is 12.4 Å². The van der Waals surface area contributed by atoms with E-state index < -0.39 is 0 Å². The highest BCUT2D eigenvalue weighted by Crippen LogP contribution is 2.38. The first-order valence-corrected chi connectivity index (χ1v) is 7.61. The normalized spacial score (nSPS) is 20.3. The number of ether oxygens (including phenoxy) is 2. The molecule has 2 aliphatic heterocycles. The van der Waals surface area contributed by atoms with Crippen molar-refractivity contribution in [2.75, 3.05) is 32.8 Å². The first kappa shape index (κ1) is 17.2. The molecule has 1 fully saturated rings. The number of carbonyl (C=O) groups excluding carboxylic acids is 1. The highest BCUT2D eigenvalue weighted by atomic mass is 35.5. The van der Waals surface area contributed by atoms with Gasteiger partial charge in [0.15, 0.2) is 11.5 Å². The summed E-state index contributed by atoms with van der Waals surface area (Å²) in [5, 5.41) is 3.78. The Kier molecular flexibility index (Phi) is 5.78. The second kappa shape index (κ2) is 7.40. The number of hydrogen-bond donors (Lipinski definition) is 1. The van der Waals surface area contributed by atoms with Crippen molar-refractivity contribution < 1.29 is 14.3 Å². The van der Waals surface area contributed by atoms with E-state index in [9.17, 15) is 4.79 Å². The quantitative estimate of drug-likeness (QED) is 0.888. The number of fused-ring (bicyclic) bond motifs is 1. The predicted octanol–water partition coefficient (Wildman–Crippen LogP) is 1.90. The minimum Gasteiger partial charge on any atom is -0.486 e. The maximum absolute atomic E-state index is 12.4. The Morgan fingerprint density at radius 2 is 2.18 bits per heavy atom. The summed E-state index contributed by atoms with van der Waals surface area (Å²) in [6.45, 7) is 5.50. The van der Waals surface area contributed by atoms with Crippen LogP contribution in [0.1, 0.15) is 12.5 Å². The third-order valence-corrected chi connectivity index (χ3v) is 4.11. The maximum atomic E-state index is 12.4. The van der Waals surface area contributed by atoms with E-state index in [1.165, 1.54) is 0 Å². The number of hydrogen-bond acceptors (Lipinski definition) is 4.